The van der Waals surface area contributed by atoms with Crippen LogP contribution in [-0.2, 0) is 4.79 Å². The van der Waals surface area contributed by atoms with Crippen LogP contribution in [0.3, 0.4) is 0 Å². The summed E-state index contributed by atoms with van der Waals surface area (Å²) in [6.45, 7) is 4.66. The van der Waals surface area contributed by atoms with Gasteiger partial charge in [0, 0.05) is 30.1 Å². The molecule has 5 atom stereocenters. The molecule has 0 radical (unpaired) electrons. The third-order valence-electron chi connectivity index (χ3n) is 7.22. The number of hydrogen-bond donors (Lipinski definition) is 2. The van der Waals surface area contributed by atoms with E-state index in [9.17, 15) is 4.79 Å². The molecule has 4 nitrogen and oxygen atoms in total. The van der Waals surface area contributed by atoms with Crippen molar-refractivity contribution in [3.05, 3.63) is 0 Å². The Morgan fingerprint density at radius 1 is 1.12 bits per heavy atom. The minimum Gasteiger partial charge on any atom is -0.353 e. The van der Waals surface area contributed by atoms with Crippen LogP contribution in [0.2, 0.25) is 0 Å². The lowest BCUT2D eigenvalue weighted by Gasteiger charge is -2.36. The number of carbonyl (C=O) groups excluding carboxylic acids is 1. The van der Waals surface area contributed by atoms with Gasteiger partial charge in [-0.05, 0) is 77.3 Å². The zero-order chi connectivity index (χ0) is 17.3. The molecule has 2 N–H and O–H groups in total. The van der Waals surface area contributed by atoms with Crippen molar-refractivity contribution in [2.75, 3.05) is 14.1 Å². The van der Waals surface area contributed by atoms with Crippen molar-refractivity contribution in [2.45, 2.75) is 89.4 Å². The van der Waals surface area contributed by atoms with Crippen LogP contribution in [0.25, 0.3) is 0 Å². The number of rotatable bonds is 4. The van der Waals surface area contributed by atoms with Crippen LogP contribution in [0.5, 0.6) is 0 Å². The Kier molecular flexibility index (Phi) is 5.86. The molecule has 0 aromatic carbocycles. The molecule has 1 aliphatic heterocycles. The fourth-order valence-electron chi connectivity index (χ4n) is 5.50. The minimum absolute atomic E-state index is 0.248. The van der Waals surface area contributed by atoms with E-state index in [0.29, 0.717) is 41.9 Å². The van der Waals surface area contributed by atoms with Crippen molar-refractivity contribution in [3.63, 3.8) is 0 Å². The largest absolute Gasteiger partial charge is 0.353 e. The fraction of sp³-hybridized carbons (Fsp3) is 0.950. The van der Waals surface area contributed by atoms with Crippen LogP contribution in [-0.4, -0.2) is 49.1 Å². The van der Waals surface area contributed by atoms with Gasteiger partial charge in [-0.3, -0.25) is 4.79 Å². The average molecular weight is 336 g/mol. The lowest BCUT2D eigenvalue weighted by Crippen LogP contribution is -2.46. The summed E-state index contributed by atoms with van der Waals surface area (Å²) in [5, 5.41) is 7.20. The third-order valence-corrected chi connectivity index (χ3v) is 7.22. The van der Waals surface area contributed by atoms with Gasteiger partial charge in [0.1, 0.15) is 0 Å². The van der Waals surface area contributed by atoms with Crippen molar-refractivity contribution in [3.8, 4) is 0 Å². The molecular weight excluding hydrogens is 298 g/mol. The Morgan fingerprint density at radius 2 is 1.83 bits per heavy atom. The zero-order valence-corrected chi connectivity index (χ0v) is 16.1. The van der Waals surface area contributed by atoms with Gasteiger partial charge in [-0.1, -0.05) is 13.8 Å². The van der Waals surface area contributed by atoms with Gasteiger partial charge in [0.25, 0.3) is 0 Å². The van der Waals surface area contributed by atoms with Crippen LogP contribution >= 0.6 is 0 Å². The van der Waals surface area contributed by atoms with E-state index in [-0.39, 0.29) is 5.92 Å². The molecule has 0 bridgehead atoms. The van der Waals surface area contributed by atoms with E-state index >= 15 is 0 Å². The van der Waals surface area contributed by atoms with E-state index in [1.165, 1.54) is 25.7 Å². The van der Waals surface area contributed by atoms with Crippen LogP contribution in [0, 0.1) is 17.8 Å². The maximum atomic E-state index is 12.8. The molecular formula is C20H37N3O. The molecule has 1 heterocycles. The number of hydrogen-bond acceptors (Lipinski definition) is 3. The van der Waals surface area contributed by atoms with Gasteiger partial charge in [0.15, 0.2) is 0 Å². The summed E-state index contributed by atoms with van der Waals surface area (Å²) in [5.74, 6) is 2.00. The number of fused-ring (bicyclic) bond motifs is 1. The molecule has 3 aliphatic rings. The normalized spacial score (nSPS) is 42.8. The van der Waals surface area contributed by atoms with E-state index < -0.39 is 0 Å². The van der Waals surface area contributed by atoms with Gasteiger partial charge in [0.2, 0.25) is 5.91 Å². The molecule has 138 valence electrons. The van der Waals surface area contributed by atoms with E-state index in [0.717, 1.165) is 25.7 Å². The highest BCUT2D eigenvalue weighted by Gasteiger charge is 2.44. The standard InChI is InChI=1S/C20H37N3O/c1-5-18-13(2)17-12-14(6-11-19(17)22-18)20(24)21-15-7-9-16(10-8-15)23(3)4/h13-19,22H,5-12H2,1-4H3,(H,21,24). The third kappa shape index (κ3) is 3.80. The van der Waals surface area contributed by atoms with Crippen molar-refractivity contribution >= 4 is 5.91 Å². The van der Waals surface area contributed by atoms with Gasteiger partial charge in [-0.25, -0.2) is 0 Å². The summed E-state index contributed by atoms with van der Waals surface area (Å²) < 4.78 is 0. The summed E-state index contributed by atoms with van der Waals surface area (Å²) in [5.41, 5.74) is 0. The number of nitrogens with one attached hydrogen (secondary N) is 2. The first-order chi connectivity index (χ1) is 11.5. The molecule has 5 unspecified atom stereocenters. The SMILES string of the molecule is CCC1NC2CCC(C(=O)NC3CCC(N(C)C)CC3)CC2C1C. The van der Waals surface area contributed by atoms with Crippen molar-refractivity contribution in [1.82, 2.24) is 15.5 Å². The maximum absolute atomic E-state index is 12.8. The molecule has 0 spiro atoms. The van der Waals surface area contributed by atoms with Crippen molar-refractivity contribution in [2.24, 2.45) is 17.8 Å². The number of nitrogens with zero attached hydrogens (tertiary/aromatic N) is 1. The maximum Gasteiger partial charge on any atom is 0.223 e. The molecule has 3 fully saturated rings. The Bertz CT molecular complexity index is 429. The molecule has 1 amide bonds. The second kappa shape index (κ2) is 7.74. The zero-order valence-electron chi connectivity index (χ0n) is 16.1. The van der Waals surface area contributed by atoms with Crippen LogP contribution < -0.4 is 10.6 Å². The lowest BCUT2D eigenvalue weighted by atomic mass is 9.73. The van der Waals surface area contributed by atoms with Crippen LogP contribution in [0.1, 0.15) is 65.2 Å². The molecule has 2 saturated carbocycles. The van der Waals surface area contributed by atoms with E-state index in [2.05, 4.69) is 43.5 Å². The molecule has 0 aromatic rings. The average Bonchev–Trinajstić information content (AvgIpc) is 2.91. The van der Waals surface area contributed by atoms with Gasteiger partial charge < -0.3 is 15.5 Å². The molecule has 2 aliphatic carbocycles. The number of amides is 1. The topological polar surface area (TPSA) is 44.4 Å². The summed E-state index contributed by atoms with van der Waals surface area (Å²) in [7, 11) is 4.34. The van der Waals surface area contributed by atoms with Gasteiger partial charge in [-0.2, -0.15) is 0 Å². The highest BCUT2D eigenvalue weighted by molar-refractivity contribution is 5.79. The van der Waals surface area contributed by atoms with E-state index in [4.69, 9.17) is 0 Å². The number of carbonyl (C=O) groups is 1. The summed E-state index contributed by atoms with van der Waals surface area (Å²) in [6, 6.07) is 2.42. The Balaban J connectivity index is 1.48. The summed E-state index contributed by atoms with van der Waals surface area (Å²) in [4.78, 5) is 15.1. The first-order valence-electron chi connectivity index (χ1n) is 10.2. The fourth-order valence-corrected chi connectivity index (χ4v) is 5.50. The predicted molar refractivity (Wildman–Crippen MR) is 98.9 cm³/mol. The summed E-state index contributed by atoms with van der Waals surface area (Å²) in [6.07, 6.45) is 9.26. The van der Waals surface area contributed by atoms with Gasteiger partial charge >= 0.3 is 0 Å². The highest BCUT2D eigenvalue weighted by Crippen LogP contribution is 2.41. The predicted octanol–water partition coefficient (Wildman–Crippen LogP) is 2.78. The first kappa shape index (κ1) is 18.2. The van der Waals surface area contributed by atoms with Crippen molar-refractivity contribution < 1.29 is 4.79 Å². The Hall–Kier alpha value is -0.610. The highest BCUT2D eigenvalue weighted by atomic mass is 16.1. The molecule has 24 heavy (non-hydrogen) atoms. The molecule has 3 rings (SSSR count). The van der Waals surface area contributed by atoms with Crippen molar-refractivity contribution in [1.29, 1.82) is 0 Å². The molecule has 4 heteroatoms. The Labute approximate surface area is 148 Å². The van der Waals surface area contributed by atoms with Gasteiger partial charge in [-0.15, -0.1) is 0 Å². The quantitative estimate of drug-likeness (QED) is 0.830. The monoisotopic (exact) mass is 335 g/mol. The van der Waals surface area contributed by atoms with E-state index in [1.54, 1.807) is 0 Å². The smallest absolute Gasteiger partial charge is 0.223 e. The summed E-state index contributed by atoms with van der Waals surface area (Å²) >= 11 is 0. The molecule has 0 aromatic heterocycles. The Morgan fingerprint density at radius 3 is 2.46 bits per heavy atom. The van der Waals surface area contributed by atoms with Crippen LogP contribution in [0.15, 0.2) is 0 Å². The van der Waals surface area contributed by atoms with Crippen LogP contribution in [0.4, 0.5) is 0 Å². The van der Waals surface area contributed by atoms with Gasteiger partial charge in [0.05, 0.1) is 0 Å². The minimum atomic E-state index is 0.248. The van der Waals surface area contributed by atoms with E-state index in [1.807, 2.05) is 0 Å². The second-order valence-corrected chi connectivity index (χ2v) is 8.80. The first-order valence-corrected chi connectivity index (χ1v) is 10.2. The second-order valence-electron chi connectivity index (χ2n) is 8.80. The lowest BCUT2D eigenvalue weighted by molar-refractivity contribution is -0.127. The molecule has 1 saturated heterocycles.